The minimum atomic E-state index is 0.378. The highest BCUT2D eigenvalue weighted by molar-refractivity contribution is 5.25. The highest BCUT2D eigenvalue weighted by atomic mass is 16.5. The van der Waals surface area contributed by atoms with Gasteiger partial charge in [0, 0.05) is 12.2 Å². The van der Waals surface area contributed by atoms with Crippen molar-refractivity contribution in [1.82, 2.24) is 5.32 Å². The largest absolute Gasteiger partial charge is 0.491 e. The fraction of sp³-hybridized carbons (Fsp3) is 0.474. The van der Waals surface area contributed by atoms with Gasteiger partial charge < -0.3 is 10.1 Å². The molecule has 0 aromatic rings. The summed E-state index contributed by atoms with van der Waals surface area (Å²) < 4.78 is 5.84. The molecule has 21 heavy (non-hydrogen) atoms. The van der Waals surface area contributed by atoms with Crippen molar-refractivity contribution in [1.29, 1.82) is 0 Å². The lowest BCUT2D eigenvalue weighted by atomic mass is 10.1. The van der Waals surface area contributed by atoms with Gasteiger partial charge in [-0.05, 0) is 57.6 Å². The Morgan fingerprint density at radius 2 is 2.19 bits per heavy atom. The van der Waals surface area contributed by atoms with E-state index in [0.717, 1.165) is 30.8 Å². The summed E-state index contributed by atoms with van der Waals surface area (Å²) in [6, 6.07) is 0. The molecule has 0 unspecified atom stereocenters. The molecule has 0 spiro atoms. The highest BCUT2D eigenvalue weighted by Gasteiger charge is 2.15. The number of hydrogen-bond acceptors (Lipinski definition) is 2. The zero-order valence-corrected chi connectivity index (χ0v) is 13.1. The fourth-order valence-electron chi connectivity index (χ4n) is 2.71. The van der Waals surface area contributed by atoms with Crippen LogP contribution in [-0.2, 0) is 4.74 Å². The maximum absolute atomic E-state index is 5.84. The van der Waals surface area contributed by atoms with Gasteiger partial charge in [-0.2, -0.15) is 0 Å². The fourth-order valence-corrected chi connectivity index (χ4v) is 2.71. The molecule has 2 aliphatic rings. The zero-order chi connectivity index (χ0) is 14.9. The van der Waals surface area contributed by atoms with Crippen molar-refractivity contribution >= 4 is 0 Å². The van der Waals surface area contributed by atoms with Crippen LogP contribution in [0.15, 0.2) is 60.1 Å². The van der Waals surface area contributed by atoms with E-state index in [4.69, 9.17) is 4.74 Å². The molecule has 0 aliphatic heterocycles. The van der Waals surface area contributed by atoms with Crippen LogP contribution in [0, 0.1) is 0 Å². The van der Waals surface area contributed by atoms with Crippen LogP contribution in [-0.4, -0.2) is 12.6 Å². The van der Waals surface area contributed by atoms with Crippen LogP contribution in [0.3, 0.4) is 0 Å². The second kappa shape index (κ2) is 8.56. The summed E-state index contributed by atoms with van der Waals surface area (Å²) >= 11 is 0. The molecule has 1 saturated carbocycles. The Bertz CT molecular complexity index is 462. The lowest BCUT2D eigenvalue weighted by Gasteiger charge is -2.14. The van der Waals surface area contributed by atoms with Crippen LogP contribution < -0.4 is 5.32 Å². The SMILES string of the molecule is C=C(/C=C\C(=C/C)NCC1=CC=CCC1)OC1CCCC1. The molecule has 0 aromatic heterocycles. The molecule has 114 valence electrons. The van der Waals surface area contributed by atoms with Gasteiger partial charge in [0.1, 0.15) is 5.76 Å². The molecular weight excluding hydrogens is 258 g/mol. The summed E-state index contributed by atoms with van der Waals surface area (Å²) in [6.45, 7) is 6.94. The van der Waals surface area contributed by atoms with E-state index in [-0.39, 0.29) is 0 Å². The molecule has 2 nitrogen and oxygen atoms in total. The smallest absolute Gasteiger partial charge is 0.112 e. The molecule has 2 heteroatoms. The van der Waals surface area contributed by atoms with E-state index in [1.54, 1.807) is 0 Å². The Balaban J connectivity index is 1.75. The van der Waals surface area contributed by atoms with Crippen LogP contribution >= 0.6 is 0 Å². The van der Waals surface area contributed by atoms with Gasteiger partial charge in [-0.3, -0.25) is 0 Å². The molecule has 0 bridgehead atoms. The molecule has 0 heterocycles. The van der Waals surface area contributed by atoms with Gasteiger partial charge in [0.15, 0.2) is 0 Å². The predicted octanol–water partition coefficient (Wildman–Crippen LogP) is 4.79. The first-order valence-corrected chi connectivity index (χ1v) is 8.06. The van der Waals surface area contributed by atoms with E-state index in [9.17, 15) is 0 Å². The summed E-state index contributed by atoms with van der Waals surface area (Å²) in [5, 5.41) is 3.46. The molecule has 2 rings (SSSR count). The first kappa shape index (κ1) is 15.7. The minimum Gasteiger partial charge on any atom is -0.491 e. The number of allylic oxidation sites excluding steroid dienone is 6. The van der Waals surface area contributed by atoms with Crippen molar-refractivity contribution in [3.8, 4) is 0 Å². The van der Waals surface area contributed by atoms with Gasteiger partial charge >= 0.3 is 0 Å². The van der Waals surface area contributed by atoms with Gasteiger partial charge in [-0.25, -0.2) is 0 Å². The van der Waals surface area contributed by atoms with Gasteiger partial charge in [0.25, 0.3) is 0 Å². The quantitative estimate of drug-likeness (QED) is 0.536. The molecule has 1 fully saturated rings. The van der Waals surface area contributed by atoms with Crippen LogP contribution in [0.5, 0.6) is 0 Å². The second-order valence-corrected chi connectivity index (χ2v) is 5.71. The Morgan fingerprint density at radius 1 is 1.38 bits per heavy atom. The van der Waals surface area contributed by atoms with Crippen LogP contribution in [0.1, 0.15) is 45.4 Å². The standard InChI is InChI=1S/C19H27NO/c1-3-18(20-15-17-9-5-4-6-10-17)14-13-16(2)21-19-11-7-8-12-19/h3-5,9,13-14,19-20H,2,6-8,10-12,15H2,1H3/b14-13-,18-3+. The summed E-state index contributed by atoms with van der Waals surface area (Å²) in [4.78, 5) is 0. The van der Waals surface area contributed by atoms with Gasteiger partial charge in [0.05, 0.1) is 6.10 Å². The Labute approximate surface area is 129 Å². The van der Waals surface area contributed by atoms with E-state index < -0.39 is 0 Å². The van der Waals surface area contributed by atoms with Gasteiger partial charge in [0.2, 0.25) is 0 Å². The third-order valence-corrected chi connectivity index (χ3v) is 4.00. The molecular formula is C19H27NO. The van der Waals surface area contributed by atoms with E-state index in [0.29, 0.717) is 6.10 Å². The number of ether oxygens (including phenoxy) is 1. The van der Waals surface area contributed by atoms with E-state index >= 15 is 0 Å². The predicted molar refractivity (Wildman–Crippen MR) is 89.8 cm³/mol. The number of rotatable bonds is 7. The van der Waals surface area contributed by atoms with E-state index in [1.807, 2.05) is 13.0 Å². The van der Waals surface area contributed by atoms with E-state index in [2.05, 4.69) is 42.3 Å². The van der Waals surface area contributed by atoms with Crippen LogP contribution in [0.2, 0.25) is 0 Å². The number of nitrogens with one attached hydrogen (secondary N) is 1. The van der Waals surface area contributed by atoms with Crippen LogP contribution in [0.25, 0.3) is 0 Å². The summed E-state index contributed by atoms with van der Waals surface area (Å²) in [7, 11) is 0. The average Bonchev–Trinajstić information content (AvgIpc) is 3.01. The molecule has 2 aliphatic carbocycles. The molecule has 0 aromatic carbocycles. The molecule has 1 N–H and O–H groups in total. The Kier molecular flexibility index (Phi) is 6.39. The van der Waals surface area contributed by atoms with Crippen molar-refractivity contribution in [2.24, 2.45) is 0 Å². The Hall–Kier alpha value is -1.70. The molecule has 0 atom stereocenters. The number of hydrogen-bond donors (Lipinski definition) is 1. The van der Waals surface area contributed by atoms with Crippen molar-refractivity contribution in [2.75, 3.05) is 6.54 Å². The van der Waals surface area contributed by atoms with E-state index in [1.165, 1.54) is 31.3 Å². The highest BCUT2D eigenvalue weighted by Crippen LogP contribution is 2.23. The van der Waals surface area contributed by atoms with Crippen molar-refractivity contribution < 1.29 is 4.74 Å². The van der Waals surface area contributed by atoms with Crippen LogP contribution in [0.4, 0.5) is 0 Å². The topological polar surface area (TPSA) is 21.3 Å². The maximum Gasteiger partial charge on any atom is 0.112 e. The maximum atomic E-state index is 5.84. The second-order valence-electron chi connectivity index (χ2n) is 5.71. The average molecular weight is 285 g/mol. The third kappa shape index (κ3) is 5.66. The molecule has 0 saturated heterocycles. The molecule has 0 radical (unpaired) electrons. The molecule has 0 amide bonds. The third-order valence-electron chi connectivity index (χ3n) is 4.00. The first-order chi connectivity index (χ1) is 10.3. The van der Waals surface area contributed by atoms with Crippen molar-refractivity contribution in [3.63, 3.8) is 0 Å². The lowest BCUT2D eigenvalue weighted by Crippen LogP contribution is -2.16. The normalized spacial score (nSPS) is 19.9. The summed E-state index contributed by atoms with van der Waals surface area (Å²) in [5.41, 5.74) is 2.56. The lowest BCUT2D eigenvalue weighted by molar-refractivity contribution is 0.132. The first-order valence-electron chi connectivity index (χ1n) is 8.06. The van der Waals surface area contributed by atoms with Gasteiger partial charge in [-0.1, -0.05) is 36.5 Å². The van der Waals surface area contributed by atoms with Crippen molar-refractivity contribution in [2.45, 2.75) is 51.6 Å². The monoisotopic (exact) mass is 285 g/mol. The zero-order valence-electron chi connectivity index (χ0n) is 13.1. The van der Waals surface area contributed by atoms with Crippen molar-refractivity contribution in [3.05, 3.63) is 60.1 Å². The Morgan fingerprint density at radius 3 is 2.86 bits per heavy atom. The summed E-state index contributed by atoms with van der Waals surface area (Å²) in [5.74, 6) is 0.767. The van der Waals surface area contributed by atoms with Gasteiger partial charge in [-0.15, -0.1) is 0 Å². The summed E-state index contributed by atoms with van der Waals surface area (Å²) in [6.07, 6.45) is 20.3. The minimum absolute atomic E-state index is 0.378.